The minimum absolute atomic E-state index is 0.170. The molecule has 0 radical (unpaired) electrons. The van der Waals surface area contributed by atoms with Crippen LogP contribution in [0.5, 0.6) is 0 Å². The molecule has 0 spiro atoms. The van der Waals surface area contributed by atoms with E-state index in [4.69, 9.17) is 16.3 Å². The fourth-order valence-electron chi connectivity index (χ4n) is 2.45. The number of benzene rings is 2. The van der Waals surface area contributed by atoms with Crippen molar-refractivity contribution in [2.75, 3.05) is 12.5 Å². The van der Waals surface area contributed by atoms with E-state index in [0.717, 1.165) is 4.68 Å². The van der Waals surface area contributed by atoms with Gasteiger partial charge >= 0.3 is 5.97 Å². The zero-order valence-electron chi connectivity index (χ0n) is 13.2. The maximum atomic E-state index is 12.6. The van der Waals surface area contributed by atoms with E-state index in [-0.39, 0.29) is 16.5 Å². The van der Waals surface area contributed by atoms with Gasteiger partial charge in [-0.3, -0.25) is 15.0 Å². The first-order valence-corrected chi connectivity index (χ1v) is 7.68. The van der Waals surface area contributed by atoms with Gasteiger partial charge in [-0.15, -0.1) is 0 Å². The number of amides is 1. The highest BCUT2D eigenvalue weighted by atomic mass is 35.5. The van der Waals surface area contributed by atoms with Gasteiger partial charge in [0.2, 0.25) is 0 Å². The minimum Gasteiger partial charge on any atom is -0.465 e. The first-order valence-electron chi connectivity index (χ1n) is 7.31. The normalized spacial score (nSPS) is 10.5. The molecule has 1 amide bonds. The number of carbonyl (C=O) groups excluding carboxylic acids is 2. The molecule has 3 aromatic rings. The summed E-state index contributed by atoms with van der Waals surface area (Å²) in [6.45, 7) is 0. The van der Waals surface area contributed by atoms with Gasteiger partial charge < -0.3 is 4.74 Å². The molecule has 1 aromatic heterocycles. The highest BCUT2D eigenvalue weighted by molar-refractivity contribution is 6.31. The van der Waals surface area contributed by atoms with Crippen LogP contribution in [0.25, 0.3) is 10.8 Å². The summed E-state index contributed by atoms with van der Waals surface area (Å²) in [5.74, 6) is -1.14. The summed E-state index contributed by atoms with van der Waals surface area (Å²) in [6, 6.07) is 12.9. The van der Waals surface area contributed by atoms with Crippen LogP contribution in [-0.2, 0) is 4.74 Å². The van der Waals surface area contributed by atoms with Crippen LogP contribution in [0.2, 0.25) is 5.02 Å². The average Bonchev–Trinajstić information content (AvgIpc) is 2.63. The van der Waals surface area contributed by atoms with Gasteiger partial charge in [-0.1, -0.05) is 35.9 Å². The summed E-state index contributed by atoms with van der Waals surface area (Å²) in [5, 5.41) is 1.14. The Balaban J connectivity index is 2.10. The topological polar surface area (TPSA) is 77.4 Å². The highest BCUT2D eigenvalue weighted by Crippen LogP contribution is 2.16. The van der Waals surface area contributed by atoms with Gasteiger partial charge in [0.25, 0.3) is 11.5 Å². The molecule has 0 fully saturated rings. The third-order valence-corrected chi connectivity index (χ3v) is 3.87. The van der Waals surface area contributed by atoms with Gasteiger partial charge in [-0.05, 0) is 24.3 Å². The summed E-state index contributed by atoms with van der Waals surface area (Å²) in [7, 11) is 1.25. The fourth-order valence-corrected chi connectivity index (χ4v) is 2.64. The van der Waals surface area contributed by atoms with E-state index in [1.54, 1.807) is 42.5 Å². The Labute approximate surface area is 147 Å². The smallest absolute Gasteiger partial charge is 0.340 e. The number of esters is 1. The predicted octanol–water partition coefficient (Wildman–Crippen LogP) is 2.83. The van der Waals surface area contributed by atoms with Crippen molar-refractivity contribution in [1.82, 2.24) is 4.68 Å². The molecule has 2 aromatic carbocycles. The molecule has 6 nitrogen and oxygen atoms in total. The molecule has 0 aliphatic rings. The first kappa shape index (κ1) is 16.7. The third-order valence-electron chi connectivity index (χ3n) is 3.64. The predicted molar refractivity (Wildman–Crippen MR) is 94.7 cm³/mol. The van der Waals surface area contributed by atoms with Gasteiger partial charge in [-0.2, -0.15) is 0 Å². The zero-order valence-corrected chi connectivity index (χ0v) is 13.9. The number of rotatable bonds is 3. The molecule has 126 valence electrons. The van der Waals surface area contributed by atoms with Gasteiger partial charge in [0.05, 0.1) is 12.7 Å². The molecule has 25 heavy (non-hydrogen) atoms. The Morgan fingerprint density at radius 2 is 1.80 bits per heavy atom. The van der Waals surface area contributed by atoms with E-state index in [1.165, 1.54) is 19.4 Å². The number of aromatic nitrogens is 1. The van der Waals surface area contributed by atoms with Crippen molar-refractivity contribution < 1.29 is 14.3 Å². The molecule has 0 saturated heterocycles. The minimum atomic E-state index is -0.609. The Bertz CT molecular complexity index is 1040. The molecular formula is C18H13ClN2O4. The van der Waals surface area contributed by atoms with E-state index in [1.807, 2.05) is 0 Å². The van der Waals surface area contributed by atoms with E-state index >= 15 is 0 Å². The Kier molecular flexibility index (Phi) is 4.54. The fraction of sp³-hybridized carbons (Fsp3) is 0.0556. The van der Waals surface area contributed by atoms with Crippen LogP contribution in [0.3, 0.4) is 0 Å². The van der Waals surface area contributed by atoms with Gasteiger partial charge in [0.15, 0.2) is 0 Å². The molecule has 0 unspecified atom stereocenters. The molecule has 1 heterocycles. The summed E-state index contributed by atoms with van der Waals surface area (Å²) in [6.07, 6.45) is 1.25. The second-order valence-corrected chi connectivity index (χ2v) is 5.64. The Morgan fingerprint density at radius 3 is 2.48 bits per heavy atom. The lowest BCUT2D eigenvalue weighted by atomic mass is 10.1. The molecule has 0 bridgehead atoms. The van der Waals surface area contributed by atoms with Crippen LogP contribution in [0, 0.1) is 0 Å². The molecule has 3 rings (SSSR count). The van der Waals surface area contributed by atoms with E-state index < -0.39 is 17.4 Å². The number of nitrogens with zero attached hydrogens (tertiary/aromatic N) is 1. The van der Waals surface area contributed by atoms with Crippen LogP contribution in [0.15, 0.2) is 59.5 Å². The number of ether oxygens (including phenoxy) is 1. The lowest BCUT2D eigenvalue weighted by Crippen LogP contribution is -2.33. The molecule has 1 N–H and O–H groups in total. The van der Waals surface area contributed by atoms with Crippen LogP contribution in [-0.4, -0.2) is 23.7 Å². The molecule has 0 saturated carbocycles. The average molecular weight is 357 g/mol. The number of pyridine rings is 1. The van der Waals surface area contributed by atoms with Gasteiger partial charge in [0, 0.05) is 27.6 Å². The SMILES string of the molecule is COC(=O)c1cn(NC(=O)c2cccc(Cl)c2)c(=O)c2ccccc12. The number of carbonyl (C=O) groups is 2. The lowest BCUT2D eigenvalue weighted by molar-refractivity contribution is 0.0601. The monoisotopic (exact) mass is 356 g/mol. The largest absolute Gasteiger partial charge is 0.465 e. The van der Waals surface area contributed by atoms with E-state index in [2.05, 4.69) is 5.43 Å². The van der Waals surface area contributed by atoms with Crippen molar-refractivity contribution >= 4 is 34.2 Å². The number of hydrogen-bond donors (Lipinski definition) is 1. The number of fused-ring (bicyclic) bond motifs is 1. The maximum absolute atomic E-state index is 12.6. The van der Waals surface area contributed by atoms with Gasteiger partial charge in [0.1, 0.15) is 0 Å². The molecular weight excluding hydrogens is 344 g/mol. The van der Waals surface area contributed by atoms with Crippen LogP contribution < -0.4 is 11.0 Å². The van der Waals surface area contributed by atoms with Crippen LogP contribution in [0.1, 0.15) is 20.7 Å². The van der Waals surface area contributed by atoms with Crippen molar-refractivity contribution in [3.05, 3.63) is 81.2 Å². The maximum Gasteiger partial charge on any atom is 0.340 e. The second kappa shape index (κ2) is 6.78. The summed E-state index contributed by atoms with van der Waals surface area (Å²) < 4.78 is 5.73. The standard InChI is InChI=1S/C18H13ClN2O4/c1-25-18(24)15-10-21(17(23)14-8-3-2-7-13(14)15)20-16(22)11-5-4-6-12(19)9-11/h2-10H,1H3,(H,20,22). The van der Waals surface area contributed by atoms with Crippen molar-refractivity contribution in [2.24, 2.45) is 0 Å². The summed E-state index contributed by atoms with van der Waals surface area (Å²) in [4.78, 5) is 37.0. The third kappa shape index (κ3) is 3.25. The van der Waals surface area contributed by atoms with E-state index in [0.29, 0.717) is 10.4 Å². The number of nitrogens with one attached hydrogen (secondary N) is 1. The van der Waals surface area contributed by atoms with Crippen LogP contribution in [0.4, 0.5) is 0 Å². The van der Waals surface area contributed by atoms with Gasteiger partial charge in [-0.25, -0.2) is 9.47 Å². The molecule has 0 aliphatic heterocycles. The number of methoxy groups -OCH3 is 1. The molecule has 0 atom stereocenters. The Morgan fingerprint density at radius 1 is 1.08 bits per heavy atom. The van der Waals surface area contributed by atoms with Crippen molar-refractivity contribution in [3.8, 4) is 0 Å². The van der Waals surface area contributed by atoms with Crippen LogP contribution >= 0.6 is 11.6 Å². The quantitative estimate of drug-likeness (QED) is 0.732. The lowest BCUT2D eigenvalue weighted by Gasteiger charge is -2.12. The van der Waals surface area contributed by atoms with Crippen molar-refractivity contribution in [2.45, 2.75) is 0 Å². The second-order valence-electron chi connectivity index (χ2n) is 5.21. The molecule has 0 aliphatic carbocycles. The molecule has 7 heteroatoms. The highest BCUT2D eigenvalue weighted by Gasteiger charge is 2.16. The Hall–Kier alpha value is -3.12. The summed E-state index contributed by atoms with van der Waals surface area (Å²) >= 11 is 5.88. The number of hydrogen-bond acceptors (Lipinski definition) is 4. The zero-order chi connectivity index (χ0) is 18.0. The van der Waals surface area contributed by atoms with E-state index in [9.17, 15) is 14.4 Å². The summed E-state index contributed by atoms with van der Waals surface area (Å²) in [5.41, 5.74) is 2.46. The van der Waals surface area contributed by atoms with Crippen molar-refractivity contribution in [1.29, 1.82) is 0 Å². The first-order chi connectivity index (χ1) is 12.0. The number of halogens is 1. The van der Waals surface area contributed by atoms with Crippen molar-refractivity contribution in [3.63, 3.8) is 0 Å².